The number of hydrogen-bond donors (Lipinski definition) is 2. The highest BCUT2D eigenvalue weighted by atomic mass is 35.5. The van der Waals surface area contributed by atoms with Crippen molar-refractivity contribution in [1.82, 2.24) is 15.0 Å². The van der Waals surface area contributed by atoms with Gasteiger partial charge in [-0.2, -0.15) is 0 Å². The molecule has 3 rings (SSSR count). The fraction of sp³-hybridized carbons (Fsp3) is 0.182. The molecule has 3 N–H and O–H groups in total. The number of hydrogen-bond acceptors (Lipinski definition) is 7. The van der Waals surface area contributed by atoms with Crippen LogP contribution in [0.4, 0.5) is 10.8 Å². The van der Waals surface area contributed by atoms with Gasteiger partial charge in [0.1, 0.15) is 5.76 Å². The van der Waals surface area contributed by atoms with E-state index >= 15 is 0 Å². The summed E-state index contributed by atoms with van der Waals surface area (Å²) >= 11 is 7.49. The van der Waals surface area contributed by atoms with Crippen molar-refractivity contribution >= 4 is 44.1 Å². The molecule has 0 bridgehead atoms. The Kier molecular flexibility index (Phi) is 3.19. The number of aromatic nitrogens is 1. The summed E-state index contributed by atoms with van der Waals surface area (Å²) in [5, 5.41) is 2.48. The molecule has 19 heavy (non-hydrogen) atoms. The van der Waals surface area contributed by atoms with Crippen molar-refractivity contribution in [2.45, 2.75) is 0 Å². The number of nitrogens with two attached hydrogens (primary N) is 1. The summed E-state index contributed by atoms with van der Waals surface area (Å²) in [6.45, 7) is 0.479. The lowest BCUT2D eigenvalue weighted by molar-refractivity contribution is 0.218. The molecule has 0 saturated heterocycles. The van der Waals surface area contributed by atoms with Gasteiger partial charge < -0.3 is 10.5 Å². The molecule has 1 aromatic carbocycles. The number of thiazole rings is 1. The van der Waals surface area contributed by atoms with Gasteiger partial charge in [0.15, 0.2) is 0 Å². The van der Waals surface area contributed by atoms with E-state index in [1.54, 1.807) is 12.1 Å². The minimum Gasteiger partial charge on any atom is -0.498 e. The second-order valence-electron chi connectivity index (χ2n) is 4.01. The van der Waals surface area contributed by atoms with E-state index in [1.807, 2.05) is 24.4 Å². The van der Waals surface area contributed by atoms with Crippen molar-refractivity contribution in [1.29, 1.82) is 0 Å². The summed E-state index contributed by atoms with van der Waals surface area (Å²) in [6, 6.07) is 5.63. The number of nitrogens with one attached hydrogen (secondary N) is 1. The fourth-order valence-corrected chi connectivity index (χ4v) is 2.90. The molecule has 0 unspecified atom stereocenters. The Hall–Kier alpha value is -1.54. The predicted octanol–water partition coefficient (Wildman–Crippen LogP) is 2.06. The first-order valence-corrected chi connectivity index (χ1v) is 6.71. The van der Waals surface area contributed by atoms with E-state index < -0.39 is 0 Å². The average molecular weight is 298 g/mol. The van der Waals surface area contributed by atoms with E-state index in [4.69, 9.17) is 22.2 Å². The maximum absolute atomic E-state index is 5.98. The van der Waals surface area contributed by atoms with E-state index in [0.29, 0.717) is 6.54 Å². The molecule has 0 atom stereocenters. The molecular formula is C11H12ClN5OS. The Morgan fingerprint density at radius 3 is 3.16 bits per heavy atom. The van der Waals surface area contributed by atoms with Crippen molar-refractivity contribution in [3.8, 4) is 0 Å². The van der Waals surface area contributed by atoms with Crippen LogP contribution in [0.2, 0.25) is 0 Å². The Balaban J connectivity index is 1.99. The molecule has 2 aromatic rings. The zero-order chi connectivity index (χ0) is 13.4. The molecule has 0 radical (unpaired) electrons. The SMILES string of the molecule is COC1=CN(c2nc3ccc(N)cc3s2)NN(Cl)C1. The maximum atomic E-state index is 5.98. The van der Waals surface area contributed by atoms with Gasteiger partial charge in [0, 0.05) is 5.69 Å². The number of halogens is 1. The first-order valence-electron chi connectivity index (χ1n) is 5.55. The first kappa shape index (κ1) is 12.5. The highest BCUT2D eigenvalue weighted by Gasteiger charge is 2.20. The predicted molar refractivity (Wildman–Crippen MR) is 77.3 cm³/mol. The fourth-order valence-electron chi connectivity index (χ4n) is 1.75. The summed E-state index contributed by atoms with van der Waals surface area (Å²) in [5.74, 6) is 0.743. The highest BCUT2D eigenvalue weighted by Crippen LogP contribution is 2.30. The number of fused-ring (bicyclic) bond motifs is 1. The van der Waals surface area contributed by atoms with Gasteiger partial charge in [-0.25, -0.2) is 9.99 Å². The van der Waals surface area contributed by atoms with Crippen molar-refractivity contribution in [2.75, 3.05) is 24.4 Å². The van der Waals surface area contributed by atoms with Gasteiger partial charge in [-0.3, -0.25) is 0 Å². The van der Waals surface area contributed by atoms with E-state index in [-0.39, 0.29) is 0 Å². The lowest BCUT2D eigenvalue weighted by Crippen LogP contribution is -2.47. The topological polar surface area (TPSA) is 66.6 Å². The number of methoxy groups -OCH3 is 1. The number of nitrogens with zero attached hydrogens (tertiary/aromatic N) is 3. The quantitative estimate of drug-likeness (QED) is 0.653. The van der Waals surface area contributed by atoms with Crippen LogP contribution in [0.1, 0.15) is 0 Å². The molecule has 1 aliphatic heterocycles. The Morgan fingerprint density at radius 2 is 2.37 bits per heavy atom. The summed E-state index contributed by atoms with van der Waals surface area (Å²) in [4.78, 5) is 4.52. The minimum absolute atomic E-state index is 0.479. The normalized spacial score (nSPS) is 16.7. The monoisotopic (exact) mass is 297 g/mol. The van der Waals surface area contributed by atoms with Gasteiger partial charge in [0.2, 0.25) is 5.13 Å². The van der Waals surface area contributed by atoms with Crippen LogP contribution >= 0.6 is 23.1 Å². The van der Waals surface area contributed by atoms with Crippen molar-refractivity contribution < 1.29 is 4.74 Å². The van der Waals surface area contributed by atoms with Gasteiger partial charge >= 0.3 is 0 Å². The Bertz CT molecular complexity index is 643. The molecule has 8 heteroatoms. The highest BCUT2D eigenvalue weighted by molar-refractivity contribution is 7.22. The molecular weight excluding hydrogens is 286 g/mol. The van der Waals surface area contributed by atoms with Crippen LogP contribution in [-0.4, -0.2) is 23.2 Å². The lowest BCUT2D eigenvalue weighted by Gasteiger charge is -2.29. The molecule has 0 spiro atoms. The molecule has 1 aromatic heterocycles. The molecule has 1 aliphatic rings. The largest absolute Gasteiger partial charge is 0.498 e. The van der Waals surface area contributed by atoms with Gasteiger partial charge in [-0.1, -0.05) is 11.3 Å². The number of nitrogen functional groups attached to an aromatic ring is 1. The average Bonchev–Trinajstić information content (AvgIpc) is 2.80. The molecule has 0 fully saturated rings. The van der Waals surface area contributed by atoms with E-state index in [2.05, 4.69) is 10.5 Å². The second-order valence-corrected chi connectivity index (χ2v) is 5.43. The molecule has 0 amide bonds. The number of anilines is 2. The summed E-state index contributed by atoms with van der Waals surface area (Å²) in [5.41, 5.74) is 10.4. The molecule has 0 saturated carbocycles. The minimum atomic E-state index is 0.479. The number of hydrazine groups is 2. The van der Waals surface area contributed by atoms with E-state index in [9.17, 15) is 0 Å². The maximum Gasteiger partial charge on any atom is 0.206 e. The van der Waals surface area contributed by atoms with Gasteiger partial charge in [-0.05, 0) is 30.0 Å². The van der Waals surface area contributed by atoms with Crippen LogP contribution in [0.3, 0.4) is 0 Å². The smallest absolute Gasteiger partial charge is 0.206 e. The second kappa shape index (κ2) is 4.86. The van der Waals surface area contributed by atoms with Crippen molar-refractivity contribution in [3.05, 3.63) is 30.2 Å². The molecule has 2 heterocycles. The third kappa shape index (κ3) is 2.45. The van der Waals surface area contributed by atoms with Crippen molar-refractivity contribution in [3.63, 3.8) is 0 Å². The zero-order valence-electron chi connectivity index (χ0n) is 10.1. The van der Waals surface area contributed by atoms with E-state index in [1.165, 1.54) is 15.9 Å². The zero-order valence-corrected chi connectivity index (χ0v) is 11.7. The number of benzene rings is 1. The number of rotatable bonds is 2. The van der Waals surface area contributed by atoms with Crippen LogP contribution in [-0.2, 0) is 4.74 Å². The molecule has 100 valence electrons. The van der Waals surface area contributed by atoms with Crippen LogP contribution in [0, 0.1) is 0 Å². The Labute approximate surface area is 119 Å². The van der Waals surface area contributed by atoms with Gasteiger partial charge in [-0.15, -0.1) is 10.1 Å². The standard InChI is InChI=1S/C11H12ClN5OS/c1-18-8-5-16(15-17(12)6-8)11-14-9-3-2-7(13)4-10(9)19-11/h2-5,15H,6,13H2,1H3. The third-order valence-corrected chi connectivity index (χ3v) is 3.87. The van der Waals surface area contributed by atoms with Crippen LogP contribution in [0.25, 0.3) is 10.2 Å². The molecule has 0 aliphatic carbocycles. The van der Waals surface area contributed by atoms with E-state index in [0.717, 1.165) is 26.8 Å². The lowest BCUT2D eigenvalue weighted by atomic mass is 10.3. The Morgan fingerprint density at radius 1 is 1.53 bits per heavy atom. The summed E-state index contributed by atoms with van der Waals surface area (Å²) in [6.07, 6.45) is 1.82. The third-order valence-electron chi connectivity index (χ3n) is 2.65. The summed E-state index contributed by atoms with van der Waals surface area (Å²) < 4.78 is 7.64. The van der Waals surface area contributed by atoms with Crippen LogP contribution in [0.15, 0.2) is 30.2 Å². The van der Waals surface area contributed by atoms with Gasteiger partial charge in [0.25, 0.3) is 0 Å². The van der Waals surface area contributed by atoms with Crippen molar-refractivity contribution in [2.24, 2.45) is 0 Å². The van der Waals surface area contributed by atoms with Gasteiger partial charge in [0.05, 0.1) is 30.1 Å². The summed E-state index contributed by atoms with van der Waals surface area (Å²) in [7, 11) is 1.61. The number of ether oxygens (including phenoxy) is 1. The van der Waals surface area contributed by atoms with Crippen LogP contribution < -0.4 is 16.3 Å². The molecule has 6 nitrogen and oxygen atoms in total. The first-order chi connectivity index (χ1) is 9.15. The van der Waals surface area contributed by atoms with Crippen LogP contribution in [0.5, 0.6) is 0 Å².